The summed E-state index contributed by atoms with van der Waals surface area (Å²) in [5, 5.41) is 0.893. The molecule has 0 amide bonds. The molecule has 10 heteroatoms. The zero-order chi connectivity index (χ0) is 25.3. The largest absolute Gasteiger partial charge is 0.463 e. The molecule has 0 saturated carbocycles. The van der Waals surface area contributed by atoms with Crippen LogP contribution in [0.4, 0.5) is 0 Å². The first kappa shape index (κ1) is 24.9. The molecule has 0 aliphatic carbocycles. The van der Waals surface area contributed by atoms with E-state index in [-0.39, 0.29) is 17.7 Å². The number of hydrogen-bond acceptors (Lipinski definition) is 7. The smallest absolute Gasteiger partial charge is 0.338 e. The van der Waals surface area contributed by atoms with Gasteiger partial charge in [-0.1, -0.05) is 52.7 Å². The van der Waals surface area contributed by atoms with Crippen LogP contribution in [0.15, 0.2) is 63.5 Å². The second-order valence-electron chi connectivity index (χ2n) is 7.63. The van der Waals surface area contributed by atoms with Crippen molar-refractivity contribution < 1.29 is 19.1 Å². The van der Waals surface area contributed by atoms with Crippen LogP contribution in [0.25, 0.3) is 6.08 Å². The Labute approximate surface area is 214 Å². The number of hydrogen-bond donors (Lipinski definition) is 0. The third kappa shape index (κ3) is 5.10. The number of ether oxygens (including phenoxy) is 2. The second-order valence-corrected chi connectivity index (χ2v) is 9.48. The van der Waals surface area contributed by atoms with E-state index in [4.69, 9.17) is 32.7 Å². The van der Waals surface area contributed by atoms with Crippen LogP contribution in [-0.2, 0) is 14.3 Å². The highest BCUT2D eigenvalue weighted by Crippen LogP contribution is 2.31. The monoisotopic (exact) mass is 530 g/mol. The van der Waals surface area contributed by atoms with E-state index in [1.807, 2.05) is 0 Å². The lowest BCUT2D eigenvalue weighted by Gasteiger charge is -2.24. The molecule has 0 saturated heterocycles. The maximum absolute atomic E-state index is 13.6. The average molecular weight is 531 g/mol. The maximum atomic E-state index is 13.6. The lowest BCUT2D eigenvalue weighted by atomic mass is 9.96. The van der Waals surface area contributed by atoms with Gasteiger partial charge in [-0.2, -0.15) is 0 Å². The van der Waals surface area contributed by atoms with Crippen molar-refractivity contribution in [2.45, 2.75) is 26.8 Å². The summed E-state index contributed by atoms with van der Waals surface area (Å²) >= 11 is 13.5. The minimum atomic E-state index is -0.778. The lowest BCUT2D eigenvalue weighted by molar-refractivity contribution is -0.139. The molecule has 1 aliphatic heterocycles. The fourth-order valence-corrected chi connectivity index (χ4v) is 5.25. The molecule has 180 valence electrons. The summed E-state index contributed by atoms with van der Waals surface area (Å²) in [6, 6.07) is 10.9. The van der Waals surface area contributed by atoms with Gasteiger partial charge in [-0.3, -0.25) is 14.2 Å². The summed E-state index contributed by atoms with van der Waals surface area (Å²) in [5.41, 5.74) is 1.65. The third-order valence-electron chi connectivity index (χ3n) is 5.22. The van der Waals surface area contributed by atoms with Crippen LogP contribution in [0.2, 0.25) is 10.0 Å². The normalized spacial score (nSPS) is 15.5. The van der Waals surface area contributed by atoms with Gasteiger partial charge in [0.1, 0.15) is 5.75 Å². The number of allylic oxidation sites excluding steroid dienone is 1. The molecule has 1 aromatic heterocycles. The molecule has 4 rings (SSSR count). The second kappa shape index (κ2) is 10.2. The Morgan fingerprint density at radius 1 is 1.17 bits per heavy atom. The van der Waals surface area contributed by atoms with Crippen molar-refractivity contribution in [1.29, 1.82) is 0 Å². The third-order valence-corrected chi connectivity index (χ3v) is 6.77. The number of rotatable bonds is 5. The zero-order valence-electron chi connectivity index (χ0n) is 19.0. The van der Waals surface area contributed by atoms with Gasteiger partial charge >= 0.3 is 11.9 Å². The fourth-order valence-electron chi connectivity index (χ4n) is 3.75. The van der Waals surface area contributed by atoms with E-state index in [1.165, 1.54) is 22.8 Å². The number of thiazole rings is 1. The van der Waals surface area contributed by atoms with E-state index < -0.39 is 18.0 Å². The highest BCUT2D eigenvalue weighted by molar-refractivity contribution is 7.07. The predicted molar refractivity (Wildman–Crippen MR) is 135 cm³/mol. The molecule has 3 aromatic rings. The van der Waals surface area contributed by atoms with E-state index in [1.54, 1.807) is 62.4 Å². The molecule has 2 heterocycles. The predicted octanol–water partition coefficient (Wildman–Crippen LogP) is 4.03. The number of nitrogens with zero attached hydrogens (tertiary/aromatic N) is 2. The Kier molecular flexibility index (Phi) is 7.25. The maximum Gasteiger partial charge on any atom is 0.338 e. The Bertz CT molecular complexity index is 1540. The minimum Gasteiger partial charge on any atom is -0.463 e. The number of halogens is 2. The molecule has 0 N–H and O–H groups in total. The molecule has 2 aromatic carbocycles. The van der Waals surface area contributed by atoms with E-state index in [2.05, 4.69) is 4.99 Å². The molecular weight excluding hydrogens is 511 g/mol. The number of carbonyl (C=O) groups excluding carboxylic acids is 2. The van der Waals surface area contributed by atoms with Gasteiger partial charge in [-0.25, -0.2) is 9.79 Å². The molecule has 0 spiro atoms. The molecular formula is C25H20Cl2N2O5S. The van der Waals surface area contributed by atoms with Crippen LogP contribution in [-0.4, -0.2) is 23.1 Å². The van der Waals surface area contributed by atoms with Gasteiger partial charge in [0.2, 0.25) is 0 Å². The average Bonchev–Trinajstić information content (AvgIpc) is 3.09. The molecule has 7 nitrogen and oxygen atoms in total. The first-order valence-corrected chi connectivity index (χ1v) is 12.2. The van der Waals surface area contributed by atoms with Gasteiger partial charge < -0.3 is 9.47 Å². The van der Waals surface area contributed by atoms with Gasteiger partial charge in [0.05, 0.1) is 28.5 Å². The van der Waals surface area contributed by atoms with Crippen LogP contribution in [0.5, 0.6) is 5.75 Å². The summed E-state index contributed by atoms with van der Waals surface area (Å²) in [6.45, 7) is 4.90. The zero-order valence-corrected chi connectivity index (χ0v) is 21.3. The molecule has 0 unspecified atom stereocenters. The highest BCUT2D eigenvalue weighted by Gasteiger charge is 2.33. The highest BCUT2D eigenvalue weighted by atomic mass is 35.5. The summed E-state index contributed by atoms with van der Waals surface area (Å²) in [6.07, 6.45) is 1.67. The quantitative estimate of drug-likeness (QED) is 0.367. The van der Waals surface area contributed by atoms with Crippen molar-refractivity contribution in [2.75, 3.05) is 6.61 Å². The first-order valence-electron chi connectivity index (χ1n) is 10.6. The van der Waals surface area contributed by atoms with Crippen molar-refractivity contribution in [3.63, 3.8) is 0 Å². The molecule has 1 aliphatic rings. The Morgan fingerprint density at radius 2 is 1.89 bits per heavy atom. The van der Waals surface area contributed by atoms with E-state index in [0.29, 0.717) is 42.0 Å². The molecule has 35 heavy (non-hydrogen) atoms. The summed E-state index contributed by atoms with van der Waals surface area (Å²) in [4.78, 5) is 42.8. The van der Waals surface area contributed by atoms with Crippen molar-refractivity contribution in [2.24, 2.45) is 4.99 Å². The minimum absolute atomic E-state index is 0.174. The van der Waals surface area contributed by atoms with Crippen LogP contribution in [0.1, 0.15) is 37.9 Å². The number of esters is 2. The fraction of sp³-hybridized carbons (Fsp3) is 0.200. The summed E-state index contributed by atoms with van der Waals surface area (Å²) < 4.78 is 12.3. The number of fused-ring (bicyclic) bond motifs is 1. The van der Waals surface area contributed by atoms with Crippen molar-refractivity contribution >= 4 is 52.6 Å². The number of aromatic nitrogens is 1. The molecule has 0 fully saturated rings. The number of carbonyl (C=O) groups is 2. The molecule has 0 bridgehead atoms. The molecule has 1 atom stereocenters. The van der Waals surface area contributed by atoms with E-state index in [0.717, 1.165) is 0 Å². The van der Waals surface area contributed by atoms with Gasteiger partial charge in [0, 0.05) is 17.0 Å². The standard InChI is InChI=1S/C25H20Cl2N2O5S/c1-4-33-24(32)21-13(2)28-25-29(22(21)15-6-9-18(10-7-15)34-14(3)30)23(31)20(35-25)11-16-5-8-17(26)12-19(16)27/h5-12,22H,4H2,1-3H3/t22-/m1/s1. The number of benzene rings is 2. The van der Waals surface area contributed by atoms with Crippen molar-refractivity contribution in [3.8, 4) is 5.75 Å². The first-order chi connectivity index (χ1) is 16.7. The van der Waals surface area contributed by atoms with Crippen LogP contribution in [0, 0.1) is 0 Å². The van der Waals surface area contributed by atoms with Gasteiger partial charge in [0.15, 0.2) is 4.80 Å². The Morgan fingerprint density at radius 3 is 2.51 bits per heavy atom. The summed E-state index contributed by atoms with van der Waals surface area (Å²) in [5.74, 6) is -0.656. The van der Waals surface area contributed by atoms with Crippen LogP contribution < -0.4 is 19.6 Å². The van der Waals surface area contributed by atoms with Gasteiger partial charge in [-0.15, -0.1) is 0 Å². The van der Waals surface area contributed by atoms with Gasteiger partial charge in [0.25, 0.3) is 5.56 Å². The van der Waals surface area contributed by atoms with Crippen molar-refractivity contribution in [3.05, 3.63) is 94.6 Å². The van der Waals surface area contributed by atoms with Crippen LogP contribution >= 0.6 is 34.5 Å². The van der Waals surface area contributed by atoms with E-state index in [9.17, 15) is 14.4 Å². The van der Waals surface area contributed by atoms with Crippen molar-refractivity contribution in [1.82, 2.24) is 4.57 Å². The van der Waals surface area contributed by atoms with E-state index >= 15 is 0 Å². The van der Waals surface area contributed by atoms with Gasteiger partial charge in [-0.05, 0) is 55.3 Å². The Hall–Kier alpha value is -3.20. The Balaban J connectivity index is 1.91. The van der Waals surface area contributed by atoms with Crippen LogP contribution in [0.3, 0.4) is 0 Å². The lowest BCUT2D eigenvalue weighted by Crippen LogP contribution is -2.39. The molecule has 0 radical (unpaired) electrons. The SMILES string of the molecule is CCOC(=O)C1=C(C)N=c2sc(=Cc3ccc(Cl)cc3Cl)c(=O)n2[C@@H]1c1ccc(OC(C)=O)cc1. The summed E-state index contributed by atoms with van der Waals surface area (Å²) in [7, 11) is 0. The topological polar surface area (TPSA) is 87.0 Å².